The molecule has 1 heterocycles. The number of carbonyl (C=O) groups is 1. The molecule has 0 aliphatic carbocycles. The molecule has 2 atom stereocenters. The molecule has 1 aromatic rings. The number of rotatable bonds is 7. The van der Waals surface area contributed by atoms with Gasteiger partial charge in [0.2, 0.25) is 0 Å². The summed E-state index contributed by atoms with van der Waals surface area (Å²) in [5.74, 6) is 0.0338. The molecule has 0 radical (unpaired) electrons. The van der Waals surface area contributed by atoms with Gasteiger partial charge in [0.25, 0.3) is 0 Å². The predicted molar refractivity (Wildman–Crippen MR) is 99.7 cm³/mol. The fraction of sp³-hybridized carbons (Fsp3) is 0.556. The number of hydrogen-bond donors (Lipinski definition) is 2. The van der Waals surface area contributed by atoms with Gasteiger partial charge in [0, 0.05) is 12.4 Å². The normalized spacial score (nSPS) is 14.8. The Labute approximate surface area is 149 Å². The summed E-state index contributed by atoms with van der Waals surface area (Å²) in [7, 11) is 1.35. The van der Waals surface area contributed by atoms with Crippen LogP contribution in [0.25, 0.3) is 5.70 Å². The zero-order valence-corrected chi connectivity index (χ0v) is 15.9. The van der Waals surface area contributed by atoms with Crippen LogP contribution in [0.2, 0.25) is 0 Å². The Hall–Kier alpha value is -2.44. The monoisotopic (exact) mass is 347 g/mol. The van der Waals surface area contributed by atoms with Gasteiger partial charge in [-0.25, -0.2) is 4.79 Å². The van der Waals surface area contributed by atoms with Crippen molar-refractivity contribution in [1.82, 2.24) is 15.3 Å². The van der Waals surface area contributed by atoms with Crippen LogP contribution in [-0.4, -0.2) is 41.0 Å². The maximum atomic E-state index is 12.1. The average Bonchev–Trinajstić information content (AvgIpc) is 2.55. The molecule has 0 aromatic carbocycles. The van der Waals surface area contributed by atoms with Crippen molar-refractivity contribution in [3.63, 3.8) is 0 Å². The van der Waals surface area contributed by atoms with E-state index in [0.29, 0.717) is 17.2 Å². The van der Waals surface area contributed by atoms with E-state index in [1.165, 1.54) is 7.11 Å². The maximum absolute atomic E-state index is 12.1. The van der Waals surface area contributed by atoms with E-state index in [1.54, 1.807) is 18.6 Å². The Morgan fingerprint density at radius 1 is 1.36 bits per heavy atom. The third-order valence-corrected chi connectivity index (χ3v) is 3.71. The van der Waals surface area contributed by atoms with Gasteiger partial charge in [0.1, 0.15) is 11.5 Å². The second-order valence-electron chi connectivity index (χ2n) is 7.28. The zero-order valence-electron chi connectivity index (χ0n) is 15.9. The highest BCUT2D eigenvalue weighted by atomic mass is 16.5. The van der Waals surface area contributed by atoms with E-state index >= 15 is 0 Å². The van der Waals surface area contributed by atoms with E-state index in [-0.39, 0.29) is 12.0 Å². The minimum Gasteiger partial charge on any atom is -0.467 e. The summed E-state index contributed by atoms with van der Waals surface area (Å²) < 4.78 is 4.87. The lowest BCUT2D eigenvalue weighted by molar-refractivity contribution is -0.144. The molecule has 0 spiro atoms. The van der Waals surface area contributed by atoms with Crippen LogP contribution in [0.3, 0.4) is 0 Å². The summed E-state index contributed by atoms with van der Waals surface area (Å²) in [6.07, 6.45) is 4.81. The molecule has 7 nitrogen and oxygen atoms in total. The van der Waals surface area contributed by atoms with Crippen molar-refractivity contribution in [3.05, 3.63) is 30.9 Å². The van der Waals surface area contributed by atoms with Crippen molar-refractivity contribution in [2.24, 2.45) is 22.1 Å². The highest BCUT2D eigenvalue weighted by Gasteiger charge is 2.33. The summed E-state index contributed by atoms with van der Waals surface area (Å²) in [6.45, 7) is 13.8. The molecular weight excluding hydrogens is 318 g/mol. The van der Waals surface area contributed by atoms with Gasteiger partial charge in [-0.2, -0.15) is 0 Å². The van der Waals surface area contributed by atoms with Gasteiger partial charge >= 0.3 is 5.97 Å². The first kappa shape index (κ1) is 20.6. The van der Waals surface area contributed by atoms with E-state index in [2.05, 4.69) is 26.9 Å². The Morgan fingerprint density at radius 3 is 2.44 bits per heavy atom. The molecular formula is C18H29N5O2. The van der Waals surface area contributed by atoms with Gasteiger partial charge in [-0.3, -0.25) is 15.0 Å². The van der Waals surface area contributed by atoms with Crippen LogP contribution in [0.15, 0.2) is 30.2 Å². The van der Waals surface area contributed by atoms with E-state index < -0.39 is 17.4 Å². The lowest BCUT2D eigenvalue weighted by Gasteiger charge is -2.28. The highest BCUT2D eigenvalue weighted by molar-refractivity contribution is 5.90. The van der Waals surface area contributed by atoms with Crippen LogP contribution < -0.4 is 11.1 Å². The lowest BCUT2D eigenvalue weighted by Crippen LogP contribution is -2.46. The van der Waals surface area contributed by atoms with E-state index in [0.717, 1.165) is 0 Å². The molecule has 1 rings (SSSR count). The quantitative estimate of drug-likeness (QED) is 0.444. The molecule has 0 amide bonds. The van der Waals surface area contributed by atoms with Crippen molar-refractivity contribution in [2.75, 3.05) is 7.11 Å². The predicted octanol–water partition coefficient (Wildman–Crippen LogP) is 2.01. The number of nitrogens with zero attached hydrogens (tertiary/aromatic N) is 3. The van der Waals surface area contributed by atoms with E-state index in [4.69, 9.17) is 10.5 Å². The fourth-order valence-electron chi connectivity index (χ4n) is 2.24. The Morgan fingerprint density at radius 2 is 2.00 bits per heavy atom. The number of hydrogen-bond acceptors (Lipinski definition) is 6. The third-order valence-electron chi connectivity index (χ3n) is 3.71. The Bertz CT molecular complexity index is 620. The van der Waals surface area contributed by atoms with Gasteiger partial charge in [-0.1, -0.05) is 41.2 Å². The van der Waals surface area contributed by atoms with Crippen molar-refractivity contribution in [1.29, 1.82) is 0 Å². The topological polar surface area (TPSA) is 102 Å². The first-order valence-corrected chi connectivity index (χ1v) is 8.20. The third kappa shape index (κ3) is 5.85. The Kier molecular flexibility index (Phi) is 7.09. The van der Waals surface area contributed by atoms with Crippen LogP contribution in [0.5, 0.6) is 0 Å². The molecule has 3 N–H and O–H groups in total. The summed E-state index contributed by atoms with van der Waals surface area (Å²) in [5.41, 5.74) is 7.04. The first-order valence-electron chi connectivity index (χ1n) is 8.20. The largest absolute Gasteiger partial charge is 0.467 e. The molecule has 138 valence electrons. The highest BCUT2D eigenvalue weighted by Crippen LogP contribution is 2.24. The van der Waals surface area contributed by atoms with E-state index in [9.17, 15) is 4.79 Å². The molecule has 1 unspecified atom stereocenters. The number of carbonyl (C=O) groups excluding carboxylic acids is 1. The van der Waals surface area contributed by atoms with Crippen molar-refractivity contribution in [2.45, 2.75) is 46.7 Å². The standard InChI is InChI=1S/C18H29N5O2/c1-11(2)14(22-12(3)13-10-20-8-9-21-13)16(19)23-15(17(24)25-7)18(4,5)6/h8-11,14-15,22H,3H2,1-2,4-7H3,(H2,19,23)/t14-,15?/m0/s1. The number of nitrogens with one attached hydrogen (secondary N) is 1. The second-order valence-corrected chi connectivity index (χ2v) is 7.28. The van der Waals surface area contributed by atoms with Crippen molar-refractivity contribution < 1.29 is 9.53 Å². The van der Waals surface area contributed by atoms with E-state index in [1.807, 2.05) is 34.6 Å². The summed E-state index contributed by atoms with van der Waals surface area (Å²) in [5, 5.41) is 3.24. The fourth-order valence-corrected chi connectivity index (χ4v) is 2.24. The molecule has 0 fully saturated rings. The maximum Gasteiger partial charge on any atom is 0.331 e. The first-order chi connectivity index (χ1) is 11.6. The summed E-state index contributed by atoms with van der Waals surface area (Å²) in [6, 6.07) is -0.991. The van der Waals surface area contributed by atoms with Crippen molar-refractivity contribution in [3.8, 4) is 0 Å². The van der Waals surface area contributed by atoms with Crippen LogP contribution in [0, 0.1) is 11.3 Å². The van der Waals surface area contributed by atoms with Crippen LogP contribution in [0.1, 0.15) is 40.3 Å². The minimum absolute atomic E-state index is 0.121. The number of aliphatic imine (C=N–C) groups is 1. The lowest BCUT2D eigenvalue weighted by atomic mass is 9.87. The minimum atomic E-state index is -0.690. The molecule has 0 aliphatic heterocycles. The number of methoxy groups -OCH3 is 1. The van der Waals surface area contributed by atoms with Crippen molar-refractivity contribution >= 4 is 17.5 Å². The number of nitrogens with two attached hydrogens (primary N) is 1. The number of esters is 1. The summed E-state index contributed by atoms with van der Waals surface area (Å²) in [4.78, 5) is 24.8. The molecule has 1 aromatic heterocycles. The average molecular weight is 347 g/mol. The van der Waals surface area contributed by atoms with Gasteiger partial charge < -0.3 is 15.8 Å². The van der Waals surface area contributed by atoms with Crippen LogP contribution in [0.4, 0.5) is 0 Å². The van der Waals surface area contributed by atoms with Crippen LogP contribution in [-0.2, 0) is 9.53 Å². The molecule has 0 bridgehead atoms. The van der Waals surface area contributed by atoms with Gasteiger partial charge in [0.05, 0.1) is 25.0 Å². The smallest absolute Gasteiger partial charge is 0.331 e. The van der Waals surface area contributed by atoms with Crippen LogP contribution >= 0.6 is 0 Å². The molecule has 0 saturated carbocycles. The second kappa shape index (κ2) is 8.60. The number of ether oxygens (including phenoxy) is 1. The van der Waals surface area contributed by atoms with Gasteiger partial charge in [-0.05, 0) is 11.3 Å². The molecule has 25 heavy (non-hydrogen) atoms. The SMILES string of the molecule is C=C(N[C@H](C(N)=NC(C(=O)OC)C(C)(C)C)C(C)C)c1cnccn1. The summed E-state index contributed by atoms with van der Waals surface area (Å²) >= 11 is 0. The Balaban J connectivity index is 3.07. The number of aromatic nitrogens is 2. The van der Waals surface area contributed by atoms with Gasteiger partial charge in [0.15, 0.2) is 6.04 Å². The number of amidine groups is 1. The molecule has 0 aliphatic rings. The molecule has 7 heteroatoms. The molecule has 0 saturated heterocycles. The zero-order chi connectivity index (χ0) is 19.2. The van der Waals surface area contributed by atoms with Gasteiger partial charge in [-0.15, -0.1) is 0 Å².